The van der Waals surface area contributed by atoms with Crippen LogP contribution in [0.3, 0.4) is 0 Å². The number of phenolic OH excluding ortho intramolecular Hbond substituents is 1. The smallest absolute Gasteiger partial charge is 0.254 e. The Balaban J connectivity index is 2.36. The summed E-state index contributed by atoms with van der Waals surface area (Å²) >= 11 is 0. The fraction of sp³-hybridized carbons (Fsp3) is 0.231. The minimum absolute atomic E-state index is 0.0522. The van der Waals surface area contributed by atoms with E-state index in [0.29, 0.717) is 24.2 Å². The van der Waals surface area contributed by atoms with Crippen molar-refractivity contribution in [2.24, 2.45) is 0 Å². The van der Waals surface area contributed by atoms with Crippen molar-refractivity contribution in [3.05, 3.63) is 41.0 Å². The van der Waals surface area contributed by atoms with Gasteiger partial charge in [-0.25, -0.2) is 0 Å². The molecule has 1 heterocycles. The molecular formula is C13H12N2O2. The molecule has 1 amide bonds. The zero-order chi connectivity index (χ0) is 12.4. The normalized spacial score (nSPS) is 13.8. The van der Waals surface area contributed by atoms with Gasteiger partial charge in [0.15, 0.2) is 0 Å². The molecule has 86 valence electrons. The third kappa shape index (κ3) is 2.00. The molecule has 0 atom stereocenters. The van der Waals surface area contributed by atoms with Crippen molar-refractivity contribution in [3.8, 4) is 11.8 Å². The van der Waals surface area contributed by atoms with Crippen LogP contribution in [0.4, 0.5) is 0 Å². The summed E-state index contributed by atoms with van der Waals surface area (Å²) in [6, 6.07) is 4.93. The van der Waals surface area contributed by atoms with E-state index >= 15 is 0 Å². The molecular weight excluding hydrogens is 216 g/mol. The van der Waals surface area contributed by atoms with Crippen LogP contribution in [-0.2, 0) is 0 Å². The van der Waals surface area contributed by atoms with Gasteiger partial charge in [0.1, 0.15) is 11.8 Å². The van der Waals surface area contributed by atoms with Crippen LogP contribution in [0, 0.1) is 18.3 Å². The quantitative estimate of drug-likeness (QED) is 0.742. The monoisotopic (exact) mass is 228 g/mol. The van der Waals surface area contributed by atoms with E-state index < -0.39 is 0 Å². The van der Waals surface area contributed by atoms with Gasteiger partial charge in [0.25, 0.3) is 5.91 Å². The number of hydrogen-bond acceptors (Lipinski definition) is 3. The average Bonchev–Trinajstić information content (AvgIpc) is 2.85. The number of nitriles is 1. The Hall–Kier alpha value is -2.28. The lowest BCUT2D eigenvalue weighted by Crippen LogP contribution is -2.28. The SMILES string of the molecule is Cc1cc(C(=O)N2CC=CC2)cc(C#N)c1O. The van der Waals surface area contributed by atoms with Crippen molar-refractivity contribution in [2.45, 2.75) is 6.92 Å². The number of benzene rings is 1. The van der Waals surface area contributed by atoms with E-state index in [2.05, 4.69) is 0 Å². The number of nitrogens with zero attached hydrogens (tertiary/aromatic N) is 2. The van der Waals surface area contributed by atoms with Crippen molar-refractivity contribution in [3.63, 3.8) is 0 Å². The highest BCUT2D eigenvalue weighted by Gasteiger charge is 2.18. The molecule has 0 saturated heterocycles. The Morgan fingerprint density at radius 3 is 2.65 bits per heavy atom. The topological polar surface area (TPSA) is 64.3 Å². The molecule has 4 heteroatoms. The molecule has 1 N–H and O–H groups in total. The summed E-state index contributed by atoms with van der Waals surface area (Å²) in [5.74, 6) is -0.168. The van der Waals surface area contributed by atoms with Gasteiger partial charge in [-0.05, 0) is 24.6 Å². The number of aryl methyl sites for hydroxylation is 1. The van der Waals surface area contributed by atoms with Crippen LogP contribution >= 0.6 is 0 Å². The van der Waals surface area contributed by atoms with Gasteiger partial charge in [-0.15, -0.1) is 0 Å². The van der Waals surface area contributed by atoms with E-state index in [0.717, 1.165) is 0 Å². The first-order valence-electron chi connectivity index (χ1n) is 5.31. The second-order valence-corrected chi connectivity index (χ2v) is 3.98. The summed E-state index contributed by atoms with van der Waals surface area (Å²) in [7, 11) is 0. The summed E-state index contributed by atoms with van der Waals surface area (Å²) < 4.78 is 0. The number of hydrogen-bond donors (Lipinski definition) is 1. The van der Waals surface area contributed by atoms with Gasteiger partial charge < -0.3 is 10.0 Å². The maximum absolute atomic E-state index is 12.1. The molecule has 1 aliphatic heterocycles. The molecule has 0 spiro atoms. The van der Waals surface area contributed by atoms with Crippen molar-refractivity contribution >= 4 is 5.91 Å². The molecule has 0 aliphatic carbocycles. The van der Waals surface area contributed by atoms with Crippen molar-refractivity contribution in [1.82, 2.24) is 4.90 Å². The lowest BCUT2D eigenvalue weighted by molar-refractivity contribution is 0.0800. The number of carbonyl (C=O) groups is 1. The maximum Gasteiger partial charge on any atom is 0.254 e. The molecule has 0 unspecified atom stereocenters. The van der Waals surface area contributed by atoms with E-state index in [4.69, 9.17) is 5.26 Å². The second kappa shape index (κ2) is 4.30. The Morgan fingerprint density at radius 2 is 2.06 bits per heavy atom. The summed E-state index contributed by atoms with van der Waals surface area (Å²) in [5, 5.41) is 18.5. The van der Waals surface area contributed by atoms with E-state index in [1.807, 2.05) is 18.2 Å². The van der Waals surface area contributed by atoms with Crippen LogP contribution in [0.15, 0.2) is 24.3 Å². The van der Waals surface area contributed by atoms with Crippen molar-refractivity contribution in [2.75, 3.05) is 13.1 Å². The van der Waals surface area contributed by atoms with Crippen LogP contribution in [0.1, 0.15) is 21.5 Å². The lowest BCUT2D eigenvalue weighted by atomic mass is 10.0. The van der Waals surface area contributed by atoms with Gasteiger partial charge in [-0.2, -0.15) is 5.26 Å². The van der Waals surface area contributed by atoms with E-state index in [-0.39, 0.29) is 17.2 Å². The second-order valence-electron chi connectivity index (χ2n) is 3.98. The molecule has 17 heavy (non-hydrogen) atoms. The number of amides is 1. The summed E-state index contributed by atoms with van der Waals surface area (Å²) in [6.45, 7) is 2.87. The Morgan fingerprint density at radius 1 is 1.41 bits per heavy atom. The van der Waals surface area contributed by atoms with Gasteiger partial charge >= 0.3 is 0 Å². The molecule has 0 radical (unpaired) electrons. The molecule has 0 saturated carbocycles. The Labute approximate surface area is 99.4 Å². The van der Waals surface area contributed by atoms with Gasteiger partial charge in [-0.3, -0.25) is 4.79 Å². The first kappa shape index (κ1) is 11.2. The molecule has 1 aliphatic rings. The lowest BCUT2D eigenvalue weighted by Gasteiger charge is -2.16. The molecule has 4 nitrogen and oxygen atoms in total. The highest BCUT2D eigenvalue weighted by Crippen LogP contribution is 2.24. The Bertz CT molecular complexity index is 533. The zero-order valence-electron chi connectivity index (χ0n) is 9.47. The van der Waals surface area contributed by atoms with Crippen LogP contribution in [-0.4, -0.2) is 29.0 Å². The van der Waals surface area contributed by atoms with Gasteiger partial charge in [-0.1, -0.05) is 12.2 Å². The predicted molar refractivity (Wildman–Crippen MR) is 62.6 cm³/mol. The largest absolute Gasteiger partial charge is 0.506 e. The minimum atomic E-state index is -0.116. The Kier molecular flexibility index (Phi) is 2.84. The van der Waals surface area contributed by atoms with Crippen molar-refractivity contribution < 1.29 is 9.90 Å². The molecule has 0 bridgehead atoms. The number of phenols is 1. The summed E-state index contributed by atoms with van der Waals surface area (Å²) in [4.78, 5) is 13.7. The number of rotatable bonds is 1. The molecule has 2 rings (SSSR count). The molecule has 0 fully saturated rings. The highest BCUT2D eigenvalue weighted by molar-refractivity contribution is 5.95. The van der Waals surface area contributed by atoms with Crippen LogP contribution in [0.25, 0.3) is 0 Å². The molecule has 0 aromatic heterocycles. The average molecular weight is 228 g/mol. The third-order valence-corrected chi connectivity index (χ3v) is 2.77. The van der Waals surface area contributed by atoms with Gasteiger partial charge in [0.05, 0.1) is 5.56 Å². The predicted octanol–water partition coefficient (Wildman–Crippen LogP) is 1.58. The standard InChI is InChI=1S/C13H12N2O2/c1-9-6-10(7-11(8-14)12(9)16)13(17)15-4-2-3-5-15/h2-3,6-7,16H,4-5H2,1H3. The maximum atomic E-state index is 12.1. The molecule has 1 aromatic carbocycles. The first-order chi connectivity index (χ1) is 8.13. The number of aromatic hydroxyl groups is 1. The third-order valence-electron chi connectivity index (χ3n) is 2.77. The minimum Gasteiger partial charge on any atom is -0.506 e. The van der Waals surface area contributed by atoms with E-state index in [1.54, 1.807) is 17.9 Å². The number of carbonyl (C=O) groups excluding carboxylic acids is 1. The van der Waals surface area contributed by atoms with Crippen LogP contribution in [0.5, 0.6) is 5.75 Å². The zero-order valence-corrected chi connectivity index (χ0v) is 9.47. The molecule has 1 aromatic rings. The van der Waals surface area contributed by atoms with Gasteiger partial charge in [0, 0.05) is 18.7 Å². The van der Waals surface area contributed by atoms with Crippen LogP contribution in [0.2, 0.25) is 0 Å². The van der Waals surface area contributed by atoms with E-state index in [1.165, 1.54) is 6.07 Å². The fourth-order valence-corrected chi connectivity index (χ4v) is 1.81. The van der Waals surface area contributed by atoms with E-state index in [9.17, 15) is 9.90 Å². The van der Waals surface area contributed by atoms with Gasteiger partial charge in [0.2, 0.25) is 0 Å². The van der Waals surface area contributed by atoms with Crippen LogP contribution < -0.4 is 0 Å². The van der Waals surface area contributed by atoms with Crippen molar-refractivity contribution in [1.29, 1.82) is 5.26 Å². The first-order valence-corrected chi connectivity index (χ1v) is 5.31. The summed E-state index contributed by atoms with van der Waals surface area (Å²) in [6.07, 6.45) is 3.85. The fourth-order valence-electron chi connectivity index (χ4n) is 1.81. The highest BCUT2D eigenvalue weighted by atomic mass is 16.3. The summed E-state index contributed by atoms with van der Waals surface area (Å²) in [5.41, 5.74) is 1.13.